The van der Waals surface area contributed by atoms with Crippen molar-refractivity contribution in [2.75, 3.05) is 11.4 Å². The van der Waals surface area contributed by atoms with Crippen LogP contribution in [0.3, 0.4) is 0 Å². The van der Waals surface area contributed by atoms with Gasteiger partial charge in [-0.15, -0.1) is 0 Å². The molecule has 0 aliphatic carbocycles. The molecular weight excluding hydrogens is 354 g/mol. The molecule has 0 heterocycles. The number of hydrogen-bond acceptors (Lipinski definition) is 4. The van der Waals surface area contributed by atoms with Crippen molar-refractivity contribution in [3.8, 4) is 0 Å². The minimum atomic E-state index is -3.74. The molecule has 0 aliphatic rings. The van der Waals surface area contributed by atoms with Gasteiger partial charge in [-0.3, -0.25) is 24.7 Å². The lowest BCUT2D eigenvalue weighted by molar-refractivity contribution is -0.124. The lowest BCUT2D eigenvalue weighted by atomic mass is 10.2. The van der Waals surface area contributed by atoms with E-state index in [-0.39, 0.29) is 22.3 Å². The van der Waals surface area contributed by atoms with E-state index in [1.807, 2.05) is 0 Å². The number of sulfonamides is 1. The Hall–Kier alpha value is -2.87. The van der Waals surface area contributed by atoms with Crippen LogP contribution < -0.4 is 15.2 Å². The number of rotatable bonds is 5. The first kappa shape index (κ1) is 19.5. The van der Waals surface area contributed by atoms with Gasteiger partial charge >= 0.3 is 0 Å². The Labute approximate surface area is 153 Å². The highest BCUT2D eigenvalue weighted by Crippen LogP contribution is 2.21. The molecule has 2 N–H and O–H groups in total. The van der Waals surface area contributed by atoms with Crippen LogP contribution in [0, 0.1) is 5.92 Å². The smallest absolute Gasteiger partial charge is 0.269 e. The molecule has 138 valence electrons. The molecule has 26 heavy (non-hydrogen) atoms. The second kappa shape index (κ2) is 8.01. The molecule has 2 aromatic carbocycles. The molecule has 0 atom stereocenters. The van der Waals surface area contributed by atoms with E-state index >= 15 is 0 Å². The number of anilines is 1. The maximum absolute atomic E-state index is 12.7. The van der Waals surface area contributed by atoms with Crippen molar-refractivity contribution in [3.63, 3.8) is 0 Å². The van der Waals surface area contributed by atoms with Crippen molar-refractivity contribution in [2.45, 2.75) is 18.7 Å². The predicted molar refractivity (Wildman–Crippen MR) is 98.9 cm³/mol. The Morgan fingerprint density at radius 2 is 1.50 bits per heavy atom. The second-order valence-electron chi connectivity index (χ2n) is 5.93. The predicted octanol–water partition coefficient (Wildman–Crippen LogP) is 1.93. The third-order valence-corrected chi connectivity index (χ3v) is 5.52. The van der Waals surface area contributed by atoms with Gasteiger partial charge in [-0.25, -0.2) is 8.42 Å². The van der Waals surface area contributed by atoms with Gasteiger partial charge in [-0.2, -0.15) is 0 Å². The minimum absolute atomic E-state index is 0.0617. The summed E-state index contributed by atoms with van der Waals surface area (Å²) in [5.74, 6) is -1.11. The molecule has 0 spiro atoms. The first-order valence-electron chi connectivity index (χ1n) is 7.97. The number of carbonyl (C=O) groups is 2. The van der Waals surface area contributed by atoms with Crippen LogP contribution in [0.4, 0.5) is 5.69 Å². The van der Waals surface area contributed by atoms with Crippen LogP contribution in [-0.2, 0) is 14.8 Å². The van der Waals surface area contributed by atoms with Crippen molar-refractivity contribution < 1.29 is 18.0 Å². The fourth-order valence-electron chi connectivity index (χ4n) is 2.05. The Morgan fingerprint density at radius 1 is 0.923 bits per heavy atom. The third-order valence-electron chi connectivity index (χ3n) is 3.72. The van der Waals surface area contributed by atoms with Crippen LogP contribution in [0.2, 0.25) is 0 Å². The zero-order valence-corrected chi connectivity index (χ0v) is 15.6. The molecule has 0 aliphatic heterocycles. The summed E-state index contributed by atoms with van der Waals surface area (Å²) in [5, 5.41) is 0. The van der Waals surface area contributed by atoms with E-state index in [1.54, 1.807) is 44.2 Å². The number of amides is 2. The van der Waals surface area contributed by atoms with Crippen LogP contribution in [-0.4, -0.2) is 27.3 Å². The van der Waals surface area contributed by atoms with E-state index in [9.17, 15) is 18.0 Å². The van der Waals surface area contributed by atoms with Crippen LogP contribution in [0.25, 0.3) is 0 Å². The standard InChI is InChI=1S/C18H21N3O4S/c1-13(2)17(22)19-20-18(23)14-9-11-16(12-10-14)26(24,25)21(3)15-7-5-4-6-8-15/h4-13H,1-3H3,(H,19,22)(H,20,23). The zero-order valence-electron chi connectivity index (χ0n) is 14.8. The molecule has 2 rings (SSSR count). The average Bonchev–Trinajstić information content (AvgIpc) is 2.65. The van der Waals surface area contributed by atoms with Crippen molar-refractivity contribution in [3.05, 3.63) is 60.2 Å². The van der Waals surface area contributed by atoms with Crippen LogP contribution >= 0.6 is 0 Å². The van der Waals surface area contributed by atoms with Gasteiger partial charge in [0.15, 0.2) is 0 Å². The second-order valence-corrected chi connectivity index (χ2v) is 7.90. The van der Waals surface area contributed by atoms with Gasteiger partial charge < -0.3 is 0 Å². The molecule has 0 bridgehead atoms. The highest BCUT2D eigenvalue weighted by molar-refractivity contribution is 7.92. The van der Waals surface area contributed by atoms with E-state index < -0.39 is 15.9 Å². The number of carbonyl (C=O) groups excluding carboxylic acids is 2. The molecule has 0 aromatic heterocycles. The number of hydrazine groups is 1. The molecule has 0 radical (unpaired) electrons. The molecule has 0 saturated carbocycles. The minimum Gasteiger partial charge on any atom is -0.273 e. The quantitative estimate of drug-likeness (QED) is 0.781. The average molecular weight is 375 g/mol. The Balaban J connectivity index is 2.13. The number of benzene rings is 2. The number of nitrogens with one attached hydrogen (secondary N) is 2. The SMILES string of the molecule is CC(C)C(=O)NNC(=O)c1ccc(S(=O)(=O)N(C)c2ccccc2)cc1. The van der Waals surface area contributed by atoms with Crippen molar-refractivity contribution in [1.29, 1.82) is 0 Å². The van der Waals surface area contributed by atoms with Crippen LogP contribution in [0.15, 0.2) is 59.5 Å². The zero-order chi connectivity index (χ0) is 19.3. The molecular formula is C18H21N3O4S. The van der Waals surface area contributed by atoms with Crippen molar-refractivity contribution in [2.24, 2.45) is 5.92 Å². The molecule has 8 heteroatoms. The Kier molecular flexibility index (Phi) is 5.99. The van der Waals surface area contributed by atoms with E-state index in [4.69, 9.17) is 0 Å². The summed E-state index contributed by atoms with van der Waals surface area (Å²) in [6.07, 6.45) is 0. The summed E-state index contributed by atoms with van der Waals surface area (Å²) in [6.45, 7) is 3.40. The monoisotopic (exact) mass is 375 g/mol. The molecule has 7 nitrogen and oxygen atoms in total. The normalized spacial score (nSPS) is 11.1. The Bertz CT molecular complexity index is 878. The van der Waals surface area contributed by atoms with Gasteiger partial charge in [0.1, 0.15) is 0 Å². The third kappa shape index (κ3) is 4.40. The first-order chi connectivity index (χ1) is 12.2. The summed E-state index contributed by atoms with van der Waals surface area (Å²) in [7, 11) is -2.27. The lowest BCUT2D eigenvalue weighted by Gasteiger charge is -2.19. The fourth-order valence-corrected chi connectivity index (χ4v) is 3.24. The largest absolute Gasteiger partial charge is 0.273 e. The Morgan fingerprint density at radius 3 is 2.04 bits per heavy atom. The maximum Gasteiger partial charge on any atom is 0.269 e. The van der Waals surface area contributed by atoms with E-state index in [0.29, 0.717) is 5.69 Å². The van der Waals surface area contributed by atoms with Crippen LogP contribution in [0.5, 0.6) is 0 Å². The lowest BCUT2D eigenvalue weighted by Crippen LogP contribution is -2.43. The van der Waals surface area contributed by atoms with E-state index in [1.165, 1.54) is 35.6 Å². The number of para-hydroxylation sites is 1. The molecule has 2 amide bonds. The van der Waals surface area contributed by atoms with Crippen LogP contribution in [0.1, 0.15) is 24.2 Å². The number of nitrogens with zero attached hydrogens (tertiary/aromatic N) is 1. The van der Waals surface area contributed by atoms with Gasteiger partial charge in [-0.1, -0.05) is 32.0 Å². The maximum atomic E-state index is 12.7. The molecule has 0 unspecified atom stereocenters. The molecule has 0 fully saturated rings. The van der Waals surface area contributed by atoms with Gasteiger partial charge in [-0.05, 0) is 36.4 Å². The summed E-state index contributed by atoms with van der Waals surface area (Å²) in [4.78, 5) is 23.5. The highest BCUT2D eigenvalue weighted by atomic mass is 32.2. The summed E-state index contributed by atoms with van der Waals surface area (Å²) in [5.41, 5.74) is 5.35. The first-order valence-corrected chi connectivity index (χ1v) is 9.41. The molecule has 2 aromatic rings. The van der Waals surface area contributed by atoms with E-state index in [0.717, 1.165) is 0 Å². The van der Waals surface area contributed by atoms with Crippen molar-refractivity contribution >= 4 is 27.5 Å². The summed E-state index contributed by atoms with van der Waals surface area (Å²) < 4.78 is 26.5. The van der Waals surface area contributed by atoms with Gasteiger partial charge in [0, 0.05) is 18.5 Å². The molecule has 0 saturated heterocycles. The fraction of sp³-hybridized carbons (Fsp3) is 0.222. The highest BCUT2D eigenvalue weighted by Gasteiger charge is 2.21. The van der Waals surface area contributed by atoms with Crippen molar-refractivity contribution in [1.82, 2.24) is 10.9 Å². The topological polar surface area (TPSA) is 95.6 Å². The van der Waals surface area contributed by atoms with Gasteiger partial charge in [0.05, 0.1) is 10.6 Å². The van der Waals surface area contributed by atoms with E-state index in [2.05, 4.69) is 10.9 Å². The van der Waals surface area contributed by atoms with Gasteiger partial charge in [0.25, 0.3) is 15.9 Å². The van der Waals surface area contributed by atoms with Gasteiger partial charge in [0.2, 0.25) is 5.91 Å². The summed E-state index contributed by atoms with van der Waals surface area (Å²) >= 11 is 0. The summed E-state index contributed by atoms with van der Waals surface area (Å²) in [6, 6.07) is 14.2. The number of hydrogen-bond donors (Lipinski definition) is 2.